The van der Waals surface area contributed by atoms with Crippen LogP contribution in [0, 0.1) is 0 Å². The zero-order valence-electron chi connectivity index (χ0n) is 10.3. The quantitative estimate of drug-likeness (QED) is 0.581. The van der Waals surface area contributed by atoms with Gasteiger partial charge < -0.3 is 21.1 Å². The third kappa shape index (κ3) is 4.81. The van der Waals surface area contributed by atoms with Crippen molar-refractivity contribution in [2.75, 3.05) is 43.2 Å². The molecule has 0 bridgehead atoms. The molecule has 17 heavy (non-hydrogen) atoms. The number of aromatic nitrogens is 3. The maximum Gasteiger partial charge on any atom is 0.231 e. The number of unbranched alkanes of at least 4 members (excludes halogenated alkanes) is 2. The van der Waals surface area contributed by atoms with Crippen LogP contribution in [0.25, 0.3) is 0 Å². The summed E-state index contributed by atoms with van der Waals surface area (Å²) in [5.41, 5.74) is 5.59. The highest BCUT2D eigenvalue weighted by Crippen LogP contribution is 2.09. The normalized spacial score (nSPS) is 10.3. The van der Waals surface area contributed by atoms with Crippen LogP contribution in [0.5, 0.6) is 0 Å². The van der Waals surface area contributed by atoms with Crippen molar-refractivity contribution in [3.8, 4) is 0 Å². The van der Waals surface area contributed by atoms with Crippen molar-refractivity contribution in [3.63, 3.8) is 0 Å². The molecule has 7 heteroatoms. The predicted octanol–water partition coefficient (Wildman–Crippen LogP) is 0.0943. The first-order valence-electron chi connectivity index (χ1n) is 5.67. The van der Waals surface area contributed by atoms with E-state index in [1.165, 1.54) is 0 Å². The predicted molar refractivity (Wildman–Crippen MR) is 68.0 cm³/mol. The molecule has 0 atom stereocenters. The zero-order valence-corrected chi connectivity index (χ0v) is 10.3. The van der Waals surface area contributed by atoms with E-state index in [1.54, 1.807) is 4.90 Å². The lowest BCUT2D eigenvalue weighted by Gasteiger charge is -2.12. The van der Waals surface area contributed by atoms with Crippen LogP contribution >= 0.6 is 0 Å². The molecule has 0 saturated carbocycles. The SMILES string of the molecule is CN(C)c1nc(N)nc(NCCCCCO)n1. The van der Waals surface area contributed by atoms with Gasteiger partial charge in [-0.2, -0.15) is 15.0 Å². The third-order valence-electron chi connectivity index (χ3n) is 2.16. The summed E-state index contributed by atoms with van der Waals surface area (Å²) < 4.78 is 0. The van der Waals surface area contributed by atoms with Crippen molar-refractivity contribution >= 4 is 17.8 Å². The maximum absolute atomic E-state index is 8.64. The van der Waals surface area contributed by atoms with Gasteiger partial charge >= 0.3 is 0 Å². The number of nitrogens with one attached hydrogen (secondary N) is 1. The highest BCUT2D eigenvalue weighted by molar-refractivity contribution is 5.40. The van der Waals surface area contributed by atoms with Gasteiger partial charge in [0.25, 0.3) is 0 Å². The lowest BCUT2D eigenvalue weighted by Crippen LogP contribution is -2.16. The van der Waals surface area contributed by atoms with Crippen molar-refractivity contribution < 1.29 is 5.11 Å². The summed E-state index contributed by atoms with van der Waals surface area (Å²) in [4.78, 5) is 14.0. The Kier molecular flexibility index (Phi) is 5.41. The first kappa shape index (κ1) is 13.4. The molecule has 0 aliphatic rings. The largest absolute Gasteiger partial charge is 0.396 e. The molecular formula is C10H20N6O. The van der Waals surface area contributed by atoms with E-state index in [1.807, 2.05) is 14.1 Å². The minimum atomic E-state index is 0.210. The van der Waals surface area contributed by atoms with Crippen LogP contribution in [0.3, 0.4) is 0 Å². The molecule has 0 aliphatic heterocycles. The fourth-order valence-corrected chi connectivity index (χ4v) is 1.27. The van der Waals surface area contributed by atoms with Gasteiger partial charge in [-0.15, -0.1) is 0 Å². The Labute approximate surface area is 101 Å². The molecule has 0 aliphatic carbocycles. The van der Waals surface area contributed by atoms with Crippen molar-refractivity contribution in [3.05, 3.63) is 0 Å². The summed E-state index contributed by atoms with van der Waals surface area (Å²) >= 11 is 0. The average Bonchev–Trinajstić information content (AvgIpc) is 2.28. The molecule has 0 radical (unpaired) electrons. The van der Waals surface area contributed by atoms with E-state index in [-0.39, 0.29) is 12.6 Å². The van der Waals surface area contributed by atoms with E-state index in [0.29, 0.717) is 11.9 Å². The molecule has 7 nitrogen and oxygen atoms in total. The van der Waals surface area contributed by atoms with Crippen molar-refractivity contribution in [1.82, 2.24) is 15.0 Å². The topological polar surface area (TPSA) is 100 Å². The molecule has 0 unspecified atom stereocenters. The van der Waals surface area contributed by atoms with Crippen LogP contribution in [-0.2, 0) is 0 Å². The van der Waals surface area contributed by atoms with E-state index in [2.05, 4.69) is 20.3 Å². The Balaban J connectivity index is 2.47. The Morgan fingerprint density at radius 3 is 2.59 bits per heavy atom. The van der Waals surface area contributed by atoms with Gasteiger partial charge in [-0.25, -0.2) is 0 Å². The molecule has 0 saturated heterocycles. The number of anilines is 3. The minimum Gasteiger partial charge on any atom is -0.396 e. The summed E-state index contributed by atoms with van der Waals surface area (Å²) in [7, 11) is 3.69. The number of rotatable bonds is 7. The first-order valence-corrected chi connectivity index (χ1v) is 5.67. The second kappa shape index (κ2) is 6.85. The van der Waals surface area contributed by atoms with E-state index in [9.17, 15) is 0 Å². The van der Waals surface area contributed by atoms with Crippen LogP contribution in [0.1, 0.15) is 19.3 Å². The number of hydrogen-bond acceptors (Lipinski definition) is 7. The van der Waals surface area contributed by atoms with E-state index in [4.69, 9.17) is 10.8 Å². The van der Waals surface area contributed by atoms with Gasteiger partial charge in [-0.05, 0) is 19.3 Å². The molecule has 1 rings (SSSR count). The average molecular weight is 240 g/mol. The van der Waals surface area contributed by atoms with Gasteiger partial charge in [0.2, 0.25) is 17.8 Å². The minimum absolute atomic E-state index is 0.210. The first-order chi connectivity index (χ1) is 8.13. The summed E-state index contributed by atoms with van der Waals surface area (Å²) in [5.74, 6) is 1.24. The van der Waals surface area contributed by atoms with Gasteiger partial charge in [0.05, 0.1) is 0 Å². The lowest BCUT2D eigenvalue weighted by molar-refractivity contribution is 0.283. The molecule has 0 amide bonds. The second-order valence-electron chi connectivity index (χ2n) is 3.92. The standard InChI is InChI=1S/C10H20N6O/c1-16(2)10-14-8(11)13-9(15-10)12-6-4-3-5-7-17/h17H,3-7H2,1-2H3,(H3,11,12,13,14,15). The fraction of sp³-hybridized carbons (Fsp3) is 0.700. The van der Waals surface area contributed by atoms with Gasteiger partial charge in [0, 0.05) is 27.2 Å². The Bertz CT molecular complexity index is 344. The van der Waals surface area contributed by atoms with Gasteiger partial charge in [-0.3, -0.25) is 0 Å². The monoisotopic (exact) mass is 240 g/mol. The molecule has 1 aromatic rings. The van der Waals surface area contributed by atoms with E-state index < -0.39 is 0 Å². The number of nitrogen functional groups attached to an aromatic ring is 1. The molecule has 4 N–H and O–H groups in total. The number of hydrogen-bond donors (Lipinski definition) is 3. The lowest BCUT2D eigenvalue weighted by atomic mass is 10.2. The van der Waals surface area contributed by atoms with Crippen LogP contribution in [0.15, 0.2) is 0 Å². The number of nitrogens with two attached hydrogens (primary N) is 1. The van der Waals surface area contributed by atoms with Gasteiger partial charge in [0.1, 0.15) is 0 Å². The zero-order chi connectivity index (χ0) is 12.7. The van der Waals surface area contributed by atoms with Crippen molar-refractivity contribution in [2.24, 2.45) is 0 Å². The summed E-state index contributed by atoms with van der Waals surface area (Å²) in [6.45, 7) is 1.000. The van der Waals surface area contributed by atoms with Crippen LogP contribution < -0.4 is 16.0 Å². The highest BCUT2D eigenvalue weighted by Gasteiger charge is 2.05. The maximum atomic E-state index is 8.64. The molecular weight excluding hydrogens is 220 g/mol. The van der Waals surface area contributed by atoms with Crippen LogP contribution in [0.4, 0.5) is 17.8 Å². The molecule has 1 aromatic heterocycles. The summed E-state index contributed by atoms with van der Waals surface area (Å²) in [6, 6.07) is 0. The molecule has 96 valence electrons. The fourth-order valence-electron chi connectivity index (χ4n) is 1.27. The van der Waals surface area contributed by atoms with Gasteiger partial charge in [0.15, 0.2) is 0 Å². The summed E-state index contributed by atoms with van der Waals surface area (Å²) in [5, 5.41) is 11.7. The smallest absolute Gasteiger partial charge is 0.231 e. The molecule has 0 fully saturated rings. The van der Waals surface area contributed by atoms with E-state index in [0.717, 1.165) is 25.8 Å². The van der Waals surface area contributed by atoms with Crippen LogP contribution in [0.2, 0.25) is 0 Å². The number of nitrogens with zero attached hydrogens (tertiary/aromatic N) is 4. The van der Waals surface area contributed by atoms with Crippen molar-refractivity contribution in [1.29, 1.82) is 0 Å². The van der Waals surface area contributed by atoms with Crippen LogP contribution in [-0.4, -0.2) is 47.3 Å². The van der Waals surface area contributed by atoms with Gasteiger partial charge in [-0.1, -0.05) is 0 Å². The second-order valence-corrected chi connectivity index (χ2v) is 3.92. The van der Waals surface area contributed by atoms with E-state index >= 15 is 0 Å². The Morgan fingerprint density at radius 2 is 1.94 bits per heavy atom. The Hall–Kier alpha value is -1.63. The molecule has 1 heterocycles. The Morgan fingerprint density at radius 1 is 1.18 bits per heavy atom. The number of aliphatic hydroxyl groups is 1. The third-order valence-corrected chi connectivity index (χ3v) is 2.16. The number of aliphatic hydroxyl groups excluding tert-OH is 1. The highest BCUT2D eigenvalue weighted by atomic mass is 16.2. The molecule has 0 aromatic carbocycles. The van der Waals surface area contributed by atoms with Crippen molar-refractivity contribution in [2.45, 2.75) is 19.3 Å². The summed E-state index contributed by atoms with van der Waals surface area (Å²) in [6.07, 6.45) is 2.76. The molecule has 0 spiro atoms.